The molecule has 0 aliphatic carbocycles. The first-order chi connectivity index (χ1) is 11.9. The fraction of sp³-hybridized carbons (Fsp3) is 0.529. The van der Waals surface area contributed by atoms with E-state index in [1.54, 1.807) is 4.90 Å². The van der Waals surface area contributed by atoms with Crippen molar-refractivity contribution in [2.75, 3.05) is 13.1 Å². The molecule has 8 nitrogen and oxygen atoms in total. The zero-order valence-corrected chi connectivity index (χ0v) is 14.6. The Morgan fingerprint density at radius 3 is 2.64 bits per heavy atom. The summed E-state index contributed by atoms with van der Waals surface area (Å²) >= 11 is 0. The number of hydrogen-bond donors (Lipinski definition) is 1. The summed E-state index contributed by atoms with van der Waals surface area (Å²) < 4.78 is 7.07. The van der Waals surface area contributed by atoms with Crippen LogP contribution in [0.2, 0.25) is 0 Å². The Kier molecular flexibility index (Phi) is 4.71. The number of aromatic amines is 1. The van der Waals surface area contributed by atoms with Gasteiger partial charge < -0.3 is 9.64 Å². The van der Waals surface area contributed by atoms with E-state index < -0.39 is 11.2 Å². The van der Waals surface area contributed by atoms with E-state index in [9.17, 15) is 14.4 Å². The largest absolute Gasteiger partial charge is 0.372 e. The standard InChI is InChI=1S/C17H22N4O4/c1-4-5-21-14-13(15(22)19-17(21)24)6-12(7-18-14)16(23)20-8-10(2)25-11(3)9-20/h6-7,10-11H,4-5,8-9H2,1-3H3,(H,19,22,24)/t10-,11-/m0/s1. The minimum Gasteiger partial charge on any atom is -0.372 e. The fourth-order valence-electron chi connectivity index (χ4n) is 3.24. The number of H-pyrrole nitrogens is 1. The number of hydrogen-bond acceptors (Lipinski definition) is 5. The lowest BCUT2D eigenvalue weighted by Gasteiger charge is -2.35. The molecule has 1 N–H and O–H groups in total. The van der Waals surface area contributed by atoms with Crippen molar-refractivity contribution in [1.29, 1.82) is 0 Å². The Balaban J connectivity index is 2.02. The molecule has 1 saturated heterocycles. The second-order valence-electron chi connectivity index (χ2n) is 6.47. The SMILES string of the molecule is CCCn1c(=O)[nH]c(=O)c2cc(C(=O)N3C[C@H](C)O[C@@H](C)C3)cnc21. The number of aromatic nitrogens is 3. The molecule has 134 valence electrons. The number of nitrogens with one attached hydrogen (secondary N) is 1. The van der Waals surface area contributed by atoms with Gasteiger partial charge in [0.2, 0.25) is 0 Å². The Morgan fingerprint density at radius 1 is 1.32 bits per heavy atom. The molecule has 0 saturated carbocycles. The van der Waals surface area contributed by atoms with Crippen LogP contribution in [0.15, 0.2) is 21.9 Å². The average Bonchev–Trinajstić information content (AvgIpc) is 2.56. The van der Waals surface area contributed by atoms with Crippen LogP contribution >= 0.6 is 0 Å². The molecule has 0 aromatic carbocycles. The van der Waals surface area contributed by atoms with E-state index in [-0.39, 0.29) is 23.5 Å². The highest BCUT2D eigenvalue weighted by Gasteiger charge is 2.27. The highest BCUT2D eigenvalue weighted by atomic mass is 16.5. The molecule has 3 heterocycles. The molecule has 25 heavy (non-hydrogen) atoms. The third-order valence-corrected chi connectivity index (χ3v) is 4.23. The first-order valence-electron chi connectivity index (χ1n) is 8.48. The van der Waals surface area contributed by atoms with Gasteiger partial charge in [0, 0.05) is 25.8 Å². The van der Waals surface area contributed by atoms with Gasteiger partial charge in [-0.25, -0.2) is 9.78 Å². The number of fused-ring (bicyclic) bond motifs is 1. The maximum absolute atomic E-state index is 12.8. The third-order valence-electron chi connectivity index (χ3n) is 4.23. The van der Waals surface area contributed by atoms with E-state index in [2.05, 4.69) is 9.97 Å². The van der Waals surface area contributed by atoms with Crippen molar-refractivity contribution < 1.29 is 9.53 Å². The number of nitrogens with zero attached hydrogens (tertiary/aromatic N) is 3. The van der Waals surface area contributed by atoms with Crippen LogP contribution in [0.3, 0.4) is 0 Å². The molecule has 1 aliphatic rings. The summed E-state index contributed by atoms with van der Waals surface area (Å²) in [5.41, 5.74) is -0.378. The molecule has 0 bridgehead atoms. The van der Waals surface area contributed by atoms with Gasteiger partial charge in [0.1, 0.15) is 5.65 Å². The summed E-state index contributed by atoms with van der Waals surface area (Å²) in [5, 5.41) is 0.244. The third kappa shape index (κ3) is 3.34. The molecule has 2 aromatic heterocycles. The number of carbonyl (C=O) groups excluding carboxylic acids is 1. The van der Waals surface area contributed by atoms with E-state index in [0.717, 1.165) is 6.42 Å². The summed E-state index contributed by atoms with van der Waals surface area (Å²) in [5.74, 6) is -0.191. The summed E-state index contributed by atoms with van der Waals surface area (Å²) in [4.78, 5) is 45.1. The average molecular weight is 346 g/mol. The molecule has 1 fully saturated rings. The second-order valence-corrected chi connectivity index (χ2v) is 6.47. The van der Waals surface area contributed by atoms with Gasteiger partial charge in [-0.3, -0.25) is 19.1 Å². The molecular weight excluding hydrogens is 324 g/mol. The summed E-state index contributed by atoms with van der Waals surface area (Å²) in [6, 6.07) is 1.51. The zero-order valence-electron chi connectivity index (χ0n) is 14.6. The van der Waals surface area contributed by atoms with Crippen LogP contribution in [0.1, 0.15) is 37.6 Å². The lowest BCUT2D eigenvalue weighted by Crippen LogP contribution is -2.48. The molecule has 1 aliphatic heterocycles. The molecule has 0 unspecified atom stereocenters. The first-order valence-corrected chi connectivity index (χ1v) is 8.48. The Morgan fingerprint density at radius 2 is 2.00 bits per heavy atom. The van der Waals surface area contributed by atoms with Gasteiger partial charge in [-0.15, -0.1) is 0 Å². The maximum Gasteiger partial charge on any atom is 0.329 e. The molecule has 2 aromatic rings. The van der Waals surface area contributed by atoms with Crippen LogP contribution in [0.5, 0.6) is 0 Å². The minimum atomic E-state index is -0.529. The van der Waals surface area contributed by atoms with Crippen molar-refractivity contribution >= 4 is 16.9 Å². The van der Waals surface area contributed by atoms with Gasteiger partial charge in [0.15, 0.2) is 0 Å². The first kappa shape index (κ1) is 17.3. The number of ether oxygens (including phenoxy) is 1. The highest BCUT2D eigenvalue weighted by Crippen LogP contribution is 2.16. The predicted molar refractivity (Wildman–Crippen MR) is 92.8 cm³/mol. The quantitative estimate of drug-likeness (QED) is 0.884. The molecule has 1 amide bonds. The normalized spacial score (nSPS) is 20.8. The topological polar surface area (TPSA) is 97.3 Å². The molecule has 2 atom stereocenters. The maximum atomic E-state index is 12.8. The molecule has 0 spiro atoms. The van der Waals surface area contributed by atoms with Crippen molar-refractivity contribution in [1.82, 2.24) is 19.4 Å². The minimum absolute atomic E-state index is 0.0424. The molecular formula is C17H22N4O4. The van der Waals surface area contributed by atoms with Crippen molar-refractivity contribution in [2.45, 2.75) is 45.9 Å². The predicted octanol–water partition coefficient (Wildman–Crippen LogP) is 0.744. The molecule has 3 rings (SSSR count). The lowest BCUT2D eigenvalue weighted by atomic mass is 10.1. The summed E-state index contributed by atoms with van der Waals surface area (Å²) in [6.45, 7) is 7.21. The van der Waals surface area contributed by atoms with E-state index >= 15 is 0 Å². The van der Waals surface area contributed by atoms with Gasteiger partial charge in [0.25, 0.3) is 11.5 Å². The van der Waals surface area contributed by atoms with Crippen molar-refractivity contribution in [2.24, 2.45) is 0 Å². The molecule has 0 radical (unpaired) electrons. The van der Waals surface area contributed by atoms with Crippen LogP contribution in [0.25, 0.3) is 11.0 Å². The van der Waals surface area contributed by atoms with Crippen LogP contribution in [-0.2, 0) is 11.3 Å². The van der Waals surface area contributed by atoms with Gasteiger partial charge in [-0.2, -0.15) is 0 Å². The van der Waals surface area contributed by atoms with Crippen LogP contribution in [0.4, 0.5) is 0 Å². The fourth-order valence-corrected chi connectivity index (χ4v) is 3.24. The van der Waals surface area contributed by atoms with E-state index in [0.29, 0.717) is 30.8 Å². The van der Waals surface area contributed by atoms with Crippen molar-refractivity contribution in [3.05, 3.63) is 38.7 Å². The Bertz CT molecular complexity index is 907. The van der Waals surface area contributed by atoms with E-state index in [4.69, 9.17) is 4.74 Å². The van der Waals surface area contributed by atoms with Gasteiger partial charge in [-0.1, -0.05) is 6.92 Å². The van der Waals surface area contributed by atoms with Crippen LogP contribution in [0, 0.1) is 0 Å². The number of pyridine rings is 1. The highest BCUT2D eigenvalue weighted by molar-refractivity contribution is 5.96. The number of aryl methyl sites for hydroxylation is 1. The number of rotatable bonds is 3. The smallest absolute Gasteiger partial charge is 0.329 e. The number of morpholine rings is 1. The van der Waals surface area contributed by atoms with E-state index in [1.807, 2.05) is 20.8 Å². The lowest BCUT2D eigenvalue weighted by molar-refractivity contribution is -0.0586. The zero-order chi connectivity index (χ0) is 18.1. The van der Waals surface area contributed by atoms with Crippen molar-refractivity contribution in [3.8, 4) is 0 Å². The Hall–Kier alpha value is -2.48. The van der Waals surface area contributed by atoms with Gasteiger partial charge >= 0.3 is 5.69 Å². The van der Waals surface area contributed by atoms with Gasteiger partial charge in [-0.05, 0) is 26.3 Å². The summed E-state index contributed by atoms with van der Waals surface area (Å²) in [6.07, 6.45) is 2.08. The van der Waals surface area contributed by atoms with Crippen LogP contribution < -0.4 is 11.2 Å². The molecule has 8 heteroatoms. The number of carbonyl (C=O) groups is 1. The monoisotopic (exact) mass is 346 g/mol. The Labute approximate surface area is 144 Å². The van der Waals surface area contributed by atoms with Crippen LogP contribution in [-0.4, -0.2) is 50.6 Å². The van der Waals surface area contributed by atoms with E-state index in [1.165, 1.54) is 16.8 Å². The number of amides is 1. The second kappa shape index (κ2) is 6.79. The van der Waals surface area contributed by atoms with Gasteiger partial charge in [0.05, 0.1) is 23.2 Å². The summed E-state index contributed by atoms with van der Waals surface area (Å²) in [7, 11) is 0. The van der Waals surface area contributed by atoms with Crippen molar-refractivity contribution in [3.63, 3.8) is 0 Å².